The van der Waals surface area contributed by atoms with Crippen LogP contribution in [0.2, 0.25) is 0 Å². The molecule has 4 aliphatic heterocycles. The summed E-state index contributed by atoms with van der Waals surface area (Å²) in [5.41, 5.74) is 29.9. The molecule has 0 radical (unpaired) electrons. The summed E-state index contributed by atoms with van der Waals surface area (Å²) in [5.74, 6) is 7.07. The number of H-pyrrole nitrogens is 2. The Labute approximate surface area is 565 Å². The average molecular weight is 1280 g/mol. The van der Waals surface area contributed by atoms with E-state index < -0.39 is 0 Å². The van der Waals surface area contributed by atoms with Gasteiger partial charge in [-0.05, 0) is 208 Å². The average Bonchev–Trinajstić information content (AvgIpc) is 1.71. The molecule has 2 aromatic carbocycles. The predicted octanol–water partition coefficient (Wildman–Crippen LogP) is 22.0. The zero-order valence-corrected chi connectivity index (χ0v) is 59.2. The molecule has 16 bridgehead atoms. The van der Waals surface area contributed by atoms with Crippen molar-refractivity contribution in [3.8, 4) is 34.1 Å². The zero-order valence-electron chi connectivity index (χ0n) is 56.2. The van der Waals surface area contributed by atoms with Crippen LogP contribution >= 0.6 is 0 Å². The van der Waals surface area contributed by atoms with Gasteiger partial charge < -0.3 is 19.9 Å². The van der Waals surface area contributed by atoms with Crippen molar-refractivity contribution in [1.29, 1.82) is 0 Å². The molecule has 0 fully saturated rings. The maximum atomic E-state index is 5.51. The minimum Gasteiger partial charge on any atom is -0.657 e. The molecule has 10 heterocycles. The largest absolute Gasteiger partial charge is 2.00 e. The van der Waals surface area contributed by atoms with Crippen molar-refractivity contribution < 1.29 is 19.5 Å². The summed E-state index contributed by atoms with van der Waals surface area (Å²) in [5, 5.41) is 0. The van der Waals surface area contributed by atoms with Gasteiger partial charge in [0, 0.05) is 55.4 Å². The van der Waals surface area contributed by atoms with Crippen LogP contribution in [-0.2, 0) is 58.0 Å². The number of fused-ring (bicyclic) bond motifs is 16. The molecule has 470 valence electrons. The number of hydrogen-bond donors (Lipinski definition) is 2. The zero-order chi connectivity index (χ0) is 63.2. The van der Waals surface area contributed by atoms with Crippen molar-refractivity contribution in [1.82, 2.24) is 39.9 Å². The fourth-order valence-corrected chi connectivity index (χ4v) is 13.7. The summed E-state index contributed by atoms with van der Waals surface area (Å²) in [6.07, 6.45) is 43.9. The first-order valence-corrected chi connectivity index (χ1v) is 35.2. The Morgan fingerprint density at radius 1 is 0.280 bits per heavy atom. The van der Waals surface area contributed by atoms with E-state index >= 15 is 0 Å². The van der Waals surface area contributed by atoms with Gasteiger partial charge in [-0.1, -0.05) is 179 Å². The summed E-state index contributed by atoms with van der Waals surface area (Å²) in [6, 6.07) is 35.3. The second-order valence-electron chi connectivity index (χ2n) is 25.6. The van der Waals surface area contributed by atoms with Gasteiger partial charge in [-0.2, -0.15) is 0 Å². The van der Waals surface area contributed by atoms with E-state index in [-0.39, 0.29) is 19.5 Å². The molecule has 9 heteroatoms. The number of rotatable bonds is 26. The van der Waals surface area contributed by atoms with E-state index in [1.54, 1.807) is 0 Å². The van der Waals surface area contributed by atoms with Crippen LogP contribution < -0.4 is 9.97 Å². The first-order valence-electron chi connectivity index (χ1n) is 35.2. The smallest absolute Gasteiger partial charge is 0.657 e. The molecule has 0 aliphatic carbocycles. The van der Waals surface area contributed by atoms with E-state index in [0.29, 0.717) is 0 Å². The van der Waals surface area contributed by atoms with Crippen molar-refractivity contribution in [2.24, 2.45) is 0 Å². The Morgan fingerprint density at radius 2 is 0.559 bits per heavy atom. The quantitative estimate of drug-likeness (QED) is 0.0317. The number of nitrogens with zero attached hydrogens (tertiary/aromatic N) is 6. The number of benzene rings is 2. The Balaban J connectivity index is 0.00000884. The SMILES string of the molecule is CCCCCc1c2nc(c(CCCCC)c3ccc([nH]3)c(-c3ccc(C#Cc4ccc(-c5c6nc(c(CCCCC)c7ccc([n-]7)c(CCCCC)c7nc(c(CCCCC)c8ccc5[n-]8)C=C7)C=C6)cc4)cc3)c3ccc([nH]3)c(CCCCC)c3nc1C=C3)C=C2.[Zn+2]. The molecule has 0 atom stereocenters. The molecule has 0 unspecified atom stereocenters. The van der Waals surface area contributed by atoms with E-state index in [1.165, 1.54) is 65.5 Å². The van der Waals surface area contributed by atoms with E-state index in [1.807, 2.05) is 0 Å². The van der Waals surface area contributed by atoms with Gasteiger partial charge in [-0.25, -0.2) is 19.9 Å². The third kappa shape index (κ3) is 15.4. The van der Waals surface area contributed by atoms with Crippen molar-refractivity contribution in [3.63, 3.8) is 0 Å². The first-order chi connectivity index (χ1) is 45.3. The maximum Gasteiger partial charge on any atom is 2.00 e. The molecule has 0 spiro atoms. The van der Waals surface area contributed by atoms with Crippen LogP contribution in [0.4, 0.5) is 0 Å². The van der Waals surface area contributed by atoms with Gasteiger partial charge in [0.1, 0.15) is 0 Å². The van der Waals surface area contributed by atoms with Gasteiger partial charge >= 0.3 is 19.5 Å². The summed E-state index contributed by atoms with van der Waals surface area (Å²) in [7, 11) is 0. The maximum absolute atomic E-state index is 5.51. The van der Waals surface area contributed by atoms with Gasteiger partial charge in [0.05, 0.1) is 45.6 Å². The van der Waals surface area contributed by atoms with Crippen molar-refractivity contribution in [2.45, 2.75) is 196 Å². The number of aromatic amines is 2. The third-order valence-corrected chi connectivity index (χ3v) is 18.9. The summed E-state index contributed by atoms with van der Waals surface area (Å²) in [6.45, 7) is 13.6. The van der Waals surface area contributed by atoms with E-state index in [0.717, 1.165) is 245 Å². The molecule has 8 nitrogen and oxygen atoms in total. The number of unbranched alkanes of at least 4 members (excludes halogenated alkanes) is 12. The van der Waals surface area contributed by atoms with Crippen molar-refractivity contribution >= 4 is 92.7 Å². The van der Waals surface area contributed by atoms with Crippen molar-refractivity contribution in [3.05, 3.63) is 187 Å². The second kappa shape index (κ2) is 32.1. The van der Waals surface area contributed by atoms with E-state index in [2.05, 4.69) is 209 Å². The Bertz CT molecular complexity index is 4370. The molecular formula is C84H92N8Zn. The van der Waals surface area contributed by atoms with Crippen LogP contribution in [0, 0.1) is 11.8 Å². The molecule has 0 amide bonds. The monoisotopic (exact) mass is 1280 g/mol. The third-order valence-electron chi connectivity index (χ3n) is 18.9. The Morgan fingerprint density at radius 3 is 0.935 bits per heavy atom. The van der Waals surface area contributed by atoms with Crippen LogP contribution in [-0.4, -0.2) is 29.9 Å². The van der Waals surface area contributed by atoms with Crippen LogP contribution in [0.3, 0.4) is 0 Å². The molecule has 8 aromatic rings. The molecule has 93 heavy (non-hydrogen) atoms. The number of aromatic nitrogens is 8. The van der Waals surface area contributed by atoms with Crippen molar-refractivity contribution in [2.75, 3.05) is 0 Å². The number of aryl methyl sites for hydroxylation is 5. The van der Waals surface area contributed by atoms with Crippen LogP contribution in [0.5, 0.6) is 0 Å². The summed E-state index contributed by atoms with van der Waals surface area (Å²) in [4.78, 5) is 40.8. The molecule has 12 rings (SSSR count). The fraction of sp³-hybridized carbons (Fsp3) is 0.357. The van der Waals surface area contributed by atoms with Gasteiger partial charge in [-0.3, -0.25) is 0 Å². The molecule has 0 saturated heterocycles. The topological polar surface area (TPSA) is 111 Å². The van der Waals surface area contributed by atoms with Crippen LogP contribution in [0.25, 0.3) is 115 Å². The minimum absolute atomic E-state index is 0. The first kappa shape index (κ1) is 66.3. The summed E-state index contributed by atoms with van der Waals surface area (Å²) >= 11 is 0. The Kier molecular flexibility index (Phi) is 22.9. The Hall–Kier alpha value is -8.18. The standard InChI is InChI=1S/C84H92N8.Zn/c1-7-13-19-25-61-67-41-45-71(85-67)63(27-21-15-9-3)75-49-53-79(89-75)83(80-54-50-76(90-80)64(28-22-16-10-4)72-46-42-68(61)86-72)59-37-33-57(34-38-59)31-32-58-35-39-60(40-36-58)84-81-55-51-77(91-81)65(29-23-17-11-5)73-47-43-69(87-73)62(26-20-14-8-2)70-44-48-74(88-70)66(30-24-18-12-6)78-52-56-82(84)92-78;/h33-56,89-90H,7-30H2,1-6H3;/q-2;+2. The van der Waals surface area contributed by atoms with Crippen LogP contribution in [0.15, 0.2) is 97.1 Å². The molecular weight excluding hydrogens is 1190 g/mol. The molecule has 2 N–H and O–H groups in total. The van der Waals surface area contributed by atoms with Gasteiger partial charge in [-0.15, -0.1) is 22.1 Å². The van der Waals surface area contributed by atoms with Crippen LogP contribution in [0.1, 0.15) is 247 Å². The summed E-state index contributed by atoms with van der Waals surface area (Å²) < 4.78 is 0. The number of nitrogens with one attached hydrogen (secondary N) is 2. The normalized spacial score (nSPS) is 12.2. The van der Waals surface area contributed by atoms with Gasteiger partial charge in [0.2, 0.25) is 0 Å². The fourth-order valence-electron chi connectivity index (χ4n) is 13.7. The van der Waals surface area contributed by atoms with E-state index in [9.17, 15) is 0 Å². The molecule has 4 aliphatic rings. The second-order valence-corrected chi connectivity index (χ2v) is 25.6. The molecule has 0 saturated carbocycles. The predicted molar refractivity (Wildman–Crippen MR) is 392 cm³/mol. The van der Waals surface area contributed by atoms with Gasteiger partial charge in [0.15, 0.2) is 0 Å². The number of hydrogen-bond acceptors (Lipinski definition) is 4. The van der Waals surface area contributed by atoms with Gasteiger partial charge in [0.25, 0.3) is 0 Å². The molecule has 6 aromatic heterocycles. The van der Waals surface area contributed by atoms with E-state index in [4.69, 9.17) is 29.9 Å². The minimum atomic E-state index is 0.